The second kappa shape index (κ2) is 10.1. The molecule has 2 aliphatic rings. The Labute approximate surface area is 199 Å². The van der Waals surface area contributed by atoms with Gasteiger partial charge in [-0.05, 0) is 56.9 Å². The number of ether oxygens (including phenoxy) is 2. The molecule has 3 aromatic rings. The van der Waals surface area contributed by atoms with Gasteiger partial charge in [0.1, 0.15) is 11.6 Å². The maximum absolute atomic E-state index is 9.56. The van der Waals surface area contributed by atoms with Gasteiger partial charge in [0.2, 0.25) is 11.8 Å². The number of fused-ring (bicyclic) bond motifs is 1. The smallest absolute Gasteiger partial charge is 0.224 e. The van der Waals surface area contributed by atoms with Crippen LogP contribution in [0.3, 0.4) is 0 Å². The predicted octanol–water partition coefficient (Wildman–Crippen LogP) is 4.01. The van der Waals surface area contributed by atoms with Crippen LogP contribution in [0.15, 0.2) is 22.7 Å². The zero-order valence-electron chi connectivity index (χ0n) is 19.8. The molecule has 34 heavy (non-hydrogen) atoms. The van der Waals surface area contributed by atoms with Crippen LogP contribution in [-0.2, 0) is 4.74 Å². The van der Waals surface area contributed by atoms with Crippen molar-refractivity contribution >= 4 is 22.7 Å². The van der Waals surface area contributed by atoms with Gasteiger partial charge in [0, 0.05) is 37.8 Å². The summed E-state index contributed by atoms with van der Waals surface area (Å²) in [6.45, 7) is 4.09. The van der Waals surface area contributed by atoms with E-state index in [1.54, 1.807) is 13.3 Å². The number of furan rings is 1. The van der Waals surface area contributed by atoms with Crippen molar-refractivity contribution in [2.75, 3.05) is 44.1 Å². The van der Waals surface area contributed by atoms with E-state index in [-0.39, 0.29) is 12.6 Å². The molecule has 9 heteroatoms. The minimum Gasteiger partial charge on any atom is -0.477 e. The third-order valence-electron chi connectivity index (χ3n) is 6.61. The van der Waals surface area contributed by atoms with Crippen LogP contribution in [0.25, 0.3) is 22.3 Å². The molecule has 3 heterocycles. The lowest BCUT2D eigenvalue weighted by Gasteiger charge is -2.18. The van der Waals surface area contributed by atoms with E-state index in [1.165, 1.54) is 12.8 Å². The standard InChI is InChI=1S/C25H33N5O4/c1-15-23(20-10-18-11-22(27-12-21(18)34-20)33-14-16-3-4-16)24(29-19-6-5-17(9-19)13-31)30-25(28-15)26-7-8-32-2/h10-12,16-17,19,31H,3-9,13-14H2,1-2H3,(H2,26,28,29,30). The van der Waals surface area contributed by atoms with E-state index in [1.807, 2.05) is 19.1 Å². The molecule has 0 radical (unpaired) electrons. The molecule has 2 fully saturated rings. The Morgan fingerprint density at radius 2 is 2.00 bits per heavy atom. The van der Waals surface area contributed by atoms with E-state index in [9.17, 15) is 5.11 Å². The Bertz CT molecular complexity index is 1130. The van der Waals surface area contributed by atoms with Crippen LogP contribution in [0.1, 0.15) is 37.8 Å². The highest BCUT2D eigenvalue weighted by Crippen LogP contribution is 2.37. The van der Waals surface area contributed by atoms with Gasteiger partial charge in [-0.3, -0.25) is 0 Å². The maximum Gasteiger partial charge on any atom is 0.224 e. The van der Waals surface area contributed by atoms with Gasteiger partial charge in [0.05, 0.1) is 30.7 Å². The highest BCUT2D eigenvalue weighted by Gasteiger charge is 2.27. The van der Waals surface area contributed by atoms with Gasteiger partial charge in [0.15, 0.2) is 5.58 Å². The fourth-order valence-electron chi connectivity index (χ4n) is 4.50. The number of anilines is 2. The van der Waals surface area contributed by atoms with Crippen molar-refractivity contribution in [2.45, 2.75) is 45.1 Å². The molecular weight excluding hydrogens is 434 g/mol. The van der Waals surface area contributed by atoms with Crippen molar-refractivity contribution in [2.24, 2.45) is 11.8 Å². The first kappa shape index (κ1) is 22.9. The Morgan fingerprint density at radius 1 is 1.15 bits per heavy atom. The summed E-state index contributed by atoms with van der Waals surface area (Å²) >= 11 is 0. The molecule has 3 aromatic heterocycles. The summed E-state index contributed by atoms with van der Waals surface area (Å²) in [5.41, 5.74) is 2.34. The number of nitrogens with zero attached hydrogens (tertiary/aromatic N) is 3. The van der Waals surface area contributed by atoms with Gasteiger partial charge in [-0.1, -0.05) is 0 Å². The molecule has 0 bridgehead atoms. The van der Waals surface area contributed by atoms with Crippen molar-refractivity contribution in [3.8, 4) is 17.2 Å². The molecule has 2 aliphatic carbocycles. The Morgan fingerprint density at radius 3 is 2.76 bits per heavy atom. The van der Waals surface area contributed by atoms with Crippen LogP contribution in [-0.4, -0.2) is 59.6 Å². The second-order valence-corrected chi connectivity index (χ2v) is 9.40. The van der Waals surface area contributed by atoms with Crippen LogP contribution >= 0.6 is 0 Å². The monoisotopic (exact) mass is 467 g/mol. The molecular formula is C25H33N5O4. The summed E-state index contributed by atoms with van der Waals surface area (Å²) in [6, 6.07) is 4.17. The average molecular weight is 468 g/mol. The van der Waals surface area contributed by atoms with Gasteiger partial charge >= 0.3 is 0 Å². The number of nitrogens with one attached hydrogen (secondary N) is 2. The Hall–Kier alpha value is -2.91. The molecule has 0 aromatic carbocycles. The van der Waals surface area contributed by atoms with Crippen LogP contribution < -0.4 is 15.4 Å². The van der Waals surface area contributed by atoms with Crippen molar-refractivity contribution in [3.05, 3.63) is 24.0 Å². The molecule has 2 saturated carbocycles. The maximum atomic E-state index is 9.56. The minimum atomic E-state index is 0.222. The number of aliphatic hydroxyl groups is 1. The van der Waals surface area contributed by atoms with E-state index in [2.05, 4.69) is 20.6 Å². The normalized spacial score (nSPS) is 20.1. The van der Waals surface area contributed by atoms with E-state index in [0.717, 1.165) is 48.3 Å². The summed E-state index contributed by atoms with van der Waals surface area (Å²) in [7, 11) is 1.67. The number of pyridine rings is 1. The minimum absolute atomic E-state index is 0.222. The molecule has 182 valence electrons. The molecule has 9 nitrogen and oxygen atoms in total. The average Bonchev–Trinajstić information content (AvgIpc) is 3.39. The second-order valence-electron chi connectivity index (χ2n) is 9.40. The van der Waals surface area contributed by atoms with Gasteiger partial charge in [0.25, 0.3) is 0 Å². The SMILES string of the molecule is COCCNc1nc(C)c(-c2cc3cc(OCC4CC4)ncc3o2)c(NC2CCC(CO)C2)n1. The highest BCUT2D eigenvalue weighted by molar-refractivity contribution is 5.86. The van der Waals surface area contributed by atoms with Crippen LogP contribution in [0.5, 0.6) is 5.88 Å². The summed E-state index contributed by atoms with van der Waals surface area (Å²) in [6.07, 6.45) is 7.11. The third-order valence-corrected chi connectivity index (χ3v) is 6.61. The van der Waals surface area contributed by atoms with E-state index >= 15 is 0 Å². The third kappa shape index (κ3) is 5.26. The van der Waals surface area contributed by atoms with Crippen molar-refractivity contribution in [1.29, 1.82) is 0 Å². The lowest BCUT2D eigenvalue weighted by Crippen LogP contribution is -2.19. The van der Waals surface area contributed by atoms with E-state index < -0.39 is 0 Å². The topological polar surface area (TPSA) is 115 Å². The fourth-order valence-corrected chi connectivity index (χ4v) is 4.50. The van der Waals surface area contributed by atoms with Crippen molar-refractivity contribution < 1.29 is 19.0 Å². The number of rotatable bonds is 11. The van der Waals surface area contributed by atoms with Gasteiger partial charge in [-0.25, -0.2) is 9.97 Å². The lowest BCUT2D eigenvalue weighted by molar-refractivity contribution is 0.210. The first-order valence-corrected chi connectivity index (χ1v) is 12.1. The lowest BCUT2D eigenvalue weighted by atomic mass is 10.1. The first-order valence-electron chi connectivity index (χ1n) is 12.1. The molecule has 0 saturated heterocycles. The quantitative estimate of drug-likeness (QED) is 0.360. The predicted molar refractivity (Wildman–Crippen MR) is 130 cm³/mol. The van der Waals surface area contributed by atoms with Crippen LogP contribution in [0.2, 0.25) is 0 Å². The molecule has 0 amide bonds. The van der Waals surface area contributed by atoms with E-state index in [0.29, 0.717) is 48.2 Å². The Balaban J connectivity index is 1.45. The zero-order chi connectivity index (χ0) is 23.5. The van der Waals surface area contributed by atoms with Crippen LogP contribution in [0.4, 0.5) is 11.8 Å². The molecule has 0 spiro atoms. The zero-order valence-corrected chi connectivity index (χ0v) is 19.8. The van der Waals surface area contributed by atoms with Crippen LogP contribution in [0, 0.1) is 18.8 Å². The van der Waals surface area contributed by atoms with E-state index in [4.69, 9.17) is 18.9 Å². The molecule has 2 atom stereocenters. The summed E-state index contributed by atoms with van der Waals surface area (Å²) in [5, 5.41) is 17.3. The molecule has 2 unspecified atom stereocenters. The largest absolute Gasteiger partial charge is 0.477 e. The highest BCUT2D eigenvalue weighted by atomic mass is 16.5. The van der Waals surface area contributed by atoms with Gasteiger partial charge < -0.3 is 29.6 Å². The van der Waals surface area contributed by atoms with Crippen molar-refractivity contribution in [3.63, 3.8) is 0 Å². The number of hydrogen-bond acceptors (Lipinski definition) is 9. The number of methoxy groups -OCH3 is 1. The number of aryl methyl sites for hydroxylation is 1. The number of aromatic nitrogens is 3. The fraction of sp³-hybridized carbons (Fsp3) is 0.560. The summed E-state index contributed by atoms with van der Waals surface area (Å²) in [5.74, 6) is 3.59. The van der Waals surface area contributed by atoms with Gasteiger partial charge in [-0.15, -0.1) is 0 Å². The summed E-state index contributed by atoms with van der Waals surface area (Å²) in [4.78, 5) is 13.9. The summed E-state index contributed by atoms with van der Waals surface area (Å²) < 4.78 is 17.2. The molecule has 5 rings (SSSR count). The Kier molecular flexibility index (Phi) is 6.82. The van der Waals surface area contributed by atoms with Gasteiger partial charge in [-0.2, -0.15) is 4.98 Å². The first-order chi connectivity index (χ1) is 16.6. The molecule has 0 aliphatic heterocycles. The number of hydrogen-bond donors (Lipinski definition) is 3. The molecule has 3 N–H and O–H groups in total. The van der Waals surface area contributed by atoms with Crippen molar-refractivity contribution in [1.82, 2.24) is 15.0 Å². The number of aliphatic hydroxyl groups excluding tert-OH is 1.